The zero-order chi connectivity index (χ0) is 16.4. The molecule has 0 saturated heterocycles. The Hall–Kier alpha value is -2.83. The summed E-state index contributed by atoms with van der Waals surface area (Å²) < 4.78 is 28.2. The van der Waals surface area contributed by atoms with E-state index in [2.05, 4.69) is 15.6 Å². The molecular formula is C16H14F2N4O. The molecule has 0 atom stereocenters. The fourth-order valence-electron chi connectivity index (χ4n) is 2.28. The summed E-state index contributed by atoms with van der Waals surface area (Å²) in [7, 11) is 0. The lowest BCUT2D eigenvalue weighted by atomic mass is 10.1. The van der Waals surface area contributed by atoms with Crippen molar-refractivity contribution in [2.45, 2.75) is 19.9 Å². The SMILES string of the molecule is CCCn1nnc2cc(C(=O)Nc3ccc(F)cc3F)ccc21. The van der Waals surface area contributed by atoms with E-state index in [9.17, 15) is 13.6 Å². The molecule has 3 aromatic rings. The highest BCUT2D eigenvalue weighted by atomic mass is 19.1. The van der Waals surface area contributed by atoms with Crippen LogP contribution in [0.25, 0.3) is 11.0 Å². The van der Waals surface area contributed by atoms with Crippen LogP contribution in [0.3, 0.4) is 0 Å². The molecule has 5 nitrogen and oxygen atoms in total. The maximum atomic E-state index is 13.6. The van der Waals surface area contributed by atoms with Crippen LogP contribution in [0.1, 0.15) is 23.7 Å². The van der Waals surface area contributed by atoms with E-state index in [0.29, 0.717) is 11.1 Å². The van der Waals surface area contributed by atoms with Crippen molar-refractivity contribution < 1.29 is 13.6 Å². The van der Waals surface area contributed by atoms with E-state index in [1.165, 1.54) is 6.07 Å². The van der Waals surface area contributed by atoms with Gasteiger partial charge in [-0.1, -0.05) is 12.1 Å². The minimum atomic E-state index is -0.826. The number of anilines is 1. The van der Waals surface area contributed by atoms with Crippen LogP contribution in [0, 0.1) is 11.6 Å². The van der Waals surface area contributed by atoms with Gasteiger partial charge in [-0.05, 0) is 36.8 Å². The summed E-state index contributed by atoms with van der Waals surface area (Å²) in [6, 6.07) is 7.94. The number of rotatable bonds is 4. The lowest BCUT2D eigenvalue weighted by molar-refractivity contribution is 0.102. The molecule has 23 heavy (non-hydrogen) atoms. The largest absolute Gasteiger partial charge is 0.319 e. The first kappa shape index (κ1) is 15.1. The molecule has 0 aliphatic carbocycles. The van der Waals surface area contributed by atoms with Crippen molar-refractivity contribution >= 4 is 22.6 Å². The minimum absolute atomic E-state index is 0.0777. The van der Waals surface area contributed by atoms with Gasteiger partial charge in [-0.3, -0.25) is 4.79 Å². The molecule has 0 radical (unpaired) electrons. The molecule has 0 fully saturated rings. The number of benzene rings is 2. The number of carbonyl (C=O) groups is 1. The van der Waals surface area contributed by atoms with Gasteiger partial charge in [-0.2, -0.15) is 0 Å². The van der Waals surface area contributed by atoms with Gasteiger partial charge < -0.3 is 5.32 Å². The van der Waals surface area contributed by atoms with Crippen LogP contribution < -0.4 is 5.32 Å². The Morgan fingerprint density at radius 3 is 2.78 bits per heavy atom. The third-order valence-electron chi connectivity index (χ3n) is 3.39. The second-order valence-corrected chi connectivity index (χ2v) is 5.09. The first-order chi connectivity index (χ1) is 11.1. The summed E-state index contributed by atoms with van der Waals surface area (Å²) in [6.07, 6.45) is 0.921. The molecule has 1 heterocycles. The van der Waals surface area contributed by atoms with Crippen molar-refractivity contribution in [1.82, 2.24) is 15.0 Å². The average Bonchev–Trinajstić information content (AvgIpc) is 2.93. The van der Waals surface area contributed by atoms with Crippen LogP contribution in [-0.4, -0.2) is 20.9 Å². The Bertz CT molecular complexity index is 876. The lowest BCUT2D eigenvalue weighted by Gasteiger charge is -2.06. The Morgan fingerprint density at radius 2 is 2.04 bits per heavy atom. The molecule has 0 aliphatic heterocycles. The van der Waals surface area contributed by atoms with Gasteiger partial charge in [0.05, 0.1) is 11.2 Å². The number of fused-ring (bicyclic) bond motifs is 1. The second kappa shape index (κ2) is 6.12. The highest BCUT2D eigenvalue weighted by Crippen LogP contribution is 2.18. The maximum Gasteiger partial charge on any atom is 0.255 e. The third kappa shape index (κ3) is 3.03. The van der Waals surface area contributed by atoms with Gasteiger partial charge in [-0.15, -0.1) is 5.10 Å². The normalized spacial score (nSPS) is 10.9. The standard InChI is InChI=1S/C16H14F2N4O/c1-2-7-22-15-6-3-10(8-14(15)20-21-22)16(23)19-13-5-4-11(17)9-12(13)18/h3-6,8-9H,2,7H2,1H3,(H,19,23). The predicted octanol–water partition coefficient (Wildman–Crippen LogP) is 3.37. The number of amides is 1. The molecule has 118 valence electrons. The fourth-order valence-corrected chi connectivity index (χ4v) is 2.28. The number of aryl methyl sites for hydroxylation is 1. The summed E-state index contributed by atoms with van der Waals surface area (Å²) in [5.74, 6) is -2.02. The van der Waals surface area contributed by atoms with Gasteiger partial charge in [0.25, 0.3) is 5.91 Å². The van der Waals surface area contributed by atoms with Crippen LogP contribution in [-0.2, 0) is 6.54 Å². The van der Waals surface area contributed by atoms with Crippen LogP contribution in [0.5, 0.6) is 0 Å². The van der Waals surface area contributed by atoms with Crippen LogP contribution in [0.15, 0.2) is 36.4 Å². The first-order valence-electron chi connectivity index (χ1n) is 7.18. The van der Waals surface area contributed by atoms with Gasteiger partial charge in [0, 0.05) is 18.2 Å². The van der Waals surface area contributed by atoms with E-state index >= 15 is 0 Å². The number of halogens is 2. The number of carbonyl (C=O) groups excluding carboxylic acids is 1. The molecule has 0 saturated carbocycles. The van der Waals surface area contributed by atoms with Crippen molar-refractivity contribution in [3.05, 3.63) is 53.6 Å². The predicted molar refractivity (Wildman–Crippen MR) is 82.1 cm³/mol. The number of hydrogen-bond acceptors (Lipinski definition) is 3. The molecule has 7 heteroatoms. The zero-order valence-corrected chi connectivity index (χ0v) is 12.4. The molecule has 2 aromatic carbocycles. The summed E-state index contributed by atoms with van der Waals surface area (Å²) in [4.78, 5) is 12.2. The van der Waals surface area contributed by atoms with E-state index < -0.39 is 17.5 Å². The van der Waals surface area contributed by atoms with Gasteiger partial charge in [0.2, 0.25) is 0 Å². The summed E-state index contributed by atoms with van der Waals surface area (Å²) in [6.45, 7) is 2.77. The van der Waals surface area contributed by atoms with Crippen molar-refractivity contribution in [3.8, 4) is 0 Å². The van der Waals surface area contributed by atoms with Gasteiger partial charge in [0.1, 0.15) is 17.2 Å². The smallest absolute Gasteiger partial charge is 0.255 e. The molecule has 1 N–H and O–H groups in total. The van der Waals surface area contributed by atoms with E-state index in [-0.39, 0.29) is 5.69 Å². The summed E-state index contributed by atoms with van der Waals surface area (Å²) >= 11 is 0. The van der Waals surface area contributed by atoms with Crippen molar-refractivity contribution in [2.75, 3.05) is 5.32 Å². The number of nitrogens with one attached hydrogen (secondary N) is 1. The summed E-state index contributed by atoms with van der Waals surface area (Å²) in [5.41, 5.74) is 1.66. The molecule has 3 rings (SSSR count). The van der Waals surface area contributed by atoms with Crippen molar-refractivity contribution in [1.29, 1.82) is 0 Å². The Labute approximate surface area is 130 Å². The molecule has 0 spiro atoms. The Kier molecular flexibility index (Phi) is 4.01. The van der Waals surface area contributed by atoms with E-state index in [1.807, 2.05) is 6.92 Å². The molecule has 0 aliphatic rings. The zero-order valence-electron chi connectivity index (χ0n) is 12.4. The van der Waals surface area contributed by atoms with Crippen molar-refractivity contribution in [2.24, 2.45) is 0 Å². The Morgan fingerprint density at radius 1 is 1.22 bits per heavy atom. The van der Waals surface area contributed by atoms with Crippen molar-refractivity contribution in [3.63, 3.8) is 0 Å². The molecule has 1 amide bonds. The van der Waals surface area contributed by atoms with Crippen LogP contribution >= 0.6 is 0 Å². The van der Waals surface area contributed by atoms with Gasteiger partial charge in [-0.25, -0.2) is 13.5 Å². The third-order valence-corrected chi connectivity index (χ3v) is 3.39. The van der Waals surface area contributed by atoms with Gasteiger partial charge >= 0.3 is 0 Å². The quantitative estimate of drug-likeness (QED) is 0.803. The molecule has 0 bridgehead atoms. The highest BCUT2D eigenvalue weighted by Gasteiger charge is 2.12. The second-order valence-electron chi connectivity index (χ2n) is 5.09. The fraction of sp³-hybridized carbons (Fsp3) is 0.188. The highest BCUT2D eigenvalue weighted by molar-refractivity contribution is 6.05. The number of hydrogen-bond donors (Lipinski definition) is 1. The Balaban J connectivity index is 1.86. The molecule has 1 aromatic heterocycles. The van der Waals surface area contributed by atoms with E-state index in [1.54, 1.807) is 22.9 Å². The monoisotopic (exact) mass is 316 g/mol. The maximum absolute atomic E-state index is 13.6. The number of aromatic nitrogens is 3. The van der Waals surface area contributed by atoms with E-state index in [0.717, 1.165) is 30.6 Å². The van der Waals surface area contributed by atoms with Crippen LogP contribution in [0.4, 0.5) is 14.5 Å². The molecule has 0 unspecified atom stereocenters. The molecular weight excluding hydrogens is 302 g/mol. The van der Waals surface area contributed by atoms with E-state index in [4.69, 9.17) is 0 Å². The van der Waals surface area contributed by atoms with Gasteiger partial charge in [0.15, 0.2) is 0 Å². The lowest BCUT2D eigenvalue weighted by Crippen LogP contribution is -2.13. The first-order valence-corrected chi connectivity index (χ1v) is 7.18. The van der Waals surface area contributed by atoms with Crippen LogP contribution in [0.2, 0.25) is 0 Å². The summed E-state index contributed by atoms with van der Waals surface area (Å²) in [5, 5.41) is 10.5. The topological polar surface area (TPSA) is 59.8 Å². The average molecular weight is 316 g/mol. The minimum Gasteiger partial charge on any atom is -0.319 e. The number of nitrogens with zero attached hydrogens (tertiary/aromatic N) is 3.